The van der Waals surface area contributed by atoms with E-state index >= 15 is 0 Å². The number of nitrogens with one attached hydrogen (secondary N) is 2. The van der Waals surface area contributed by atoms with Crippen LogP contribution in [0.3, 0.4) is 0 Å². The van der Waals surface area contributed by atoms with Crippen LogP contribution in [-0.2, 0) is 13.0 Å². The van der Waals surface area contributed by atoms with Crippen molar-refractivity contribution in [2.45, 2.75) is 32.7 Å². The summed E-state index contributed by atoms with van der Waals surface area (Å²) in [6, 6.07) is 12.9. The molecule has 0 unspecified atom stereocenters. The molecule has 0 fully saturated rings. The average molecular weight is 363 g/mol. The zero-order chi connectivity index (χ0) is 19.0. The van der Waals surface area contributed by atoms with Crippen LogP contribution < -0.4 is 10.6 Å². The lowest BCUT2D eigenvalue weighted by Crippen LogP contribution is -2.25. The van der Waals surface area contributed by atoms with E-state index < -0.39 is 0 Å². The van der Waals surface area contributed by atoms with Crippen LogP contribution in [0.1, 0.15) is 46.9 Å². The number of anilines is 1. The highest BCUT2D eigenvalue weighted by Gasteiger charge is 2.20. The Kier molecular flexibility index (Phi) is 4.62. The van der Waals surface area contributed by atoms with Gasteiger partial charge in [-0.2, -0.15) is 0 Å². The normalized spacial score (nSPS) is 13.6. The second-order valence-electron chi connectivity index (χ2n) is 7.21. The molecule has 5 heteroatoms. The summed E-state index contributed by atoms with van der Waals surface area (Å²) in [5, 5.41) is 6.77. The molecule has 2 N–H and O–H groups in total. The second-order valence-corrected chi connectivity index (χ2v) is 7.21. The molecule has 1 aliphatic rings. The quantitative estimate of drug-likeness (QED) is 0.725. The van der Waals surface area contributed by atoms with Gasteiger partial charge in [-0.25, -0.2) is 4.39 Å². The Bertz CT molecular complexity index is 1030. The summed E-state index contributed by atoms with van der Waals surface area (Å²) in [7, 11) is 0. The monoisotopic (exact) mass is 363 g/mol. The third-order valence-electron chi connectivity index (χ3n) is 5.03. The number of carbonyl (C=O) groups is 1. The Morgan fingerprint density at radius 1 is 1.22 bits per heavy atom. The first-order valence-electron chi connectivity index (χ1n) is 9.26. The summed E-state index contributed by atoms with van der Waals surface area (Å²) in [6.45, 7) is 5.48. The molecule has 3 aromatic rings. The molecule has 1 aliphatic heterocycles. The number of hydrogen-bond acceptors (Lipinski definition) is 3. The maximum Gasteiger partial charge on any atom is 0.256 e. The zero-order valence-electron chi connectivity index (χ0n) is 15.5. The minimum absolute atomic E-state index is 0.189. The third-order valence-corrected chi connectivity index (χ3v) is 5.03. The van der Waals surface area contributed by atoms with Crippen molar-refractivity contribution in [3.63, 3.8) is 0 Å². The number of halogens is 1. The van der Waals surface area contributed by atoms with E-state index in [1.165, 1.54) is 0 Å². The van der Waals surface area contributed by atoms with Gasteiger partial charge in [-0.3, -0.25) is 9.78 Å². The predicted molar refractivity (Wildman–Crippen MR) is 106 cm³/mol. The highest BCUT2D eigenvalue weighted by atomic mass is 19.1. The molecule has 27 heavy (non-hydrogen) atoms. The van der Waals surface area contributed by atoms with Crippen molar-refractivity contribution in [1.29, 1.82) is 0 Å². The van der Waals surface area contributed by atoms with Gasteiger partial charge in [0.1, 0.15) is 5.82 Å². The Balaban J connectivity index is 1.74. The van der Waals surface area contributed by atoms with Gasteiger partial charge in [0.25, 0.3) is 5.91 Å². The van der Waals surface area contributed by atoms with Crippen LogP contribution in [0.4, 0.5) is 10.1 Å². The summed E-state index contributed by atoms with van der Waals surface area (Å²) in [6.07, 6.45) is 0.626. The van der Waals surface area contributed by atoms with Crippen molar-refractivity contribution in [3.05, 3.63) is 70.7 Å². The molecule has 4 nitrogen and oxygen atoms in total. The minimum Gasteiger partial charge on any atom is -0.319 e. The molecule has 1 aromatic heterocycles. The molecule has 0 aliphatic carbocycles. The third kappa shape index (κ3) is 3.30. The fraction of sp³-hybridized carbons (Fsp3) is 0.273. The Hall–Kier alpha value is -2.79. The molecule has 4 rings (SSSR count). The first-order valence-corrected chi connectivity index (χ1v) is 9.26. The molecular formula is C22H22FN3O. The number of rotatable bonds is 3. The van der Waals surface area contributed by atoms with Crippen LogP contribution in [0.5, 0.6) is 0 Å². The van der Waals surface area contributed by atoms with E-state index in [4.69, 9.17) is 0 Å². The average Bonchev–Trinajstić information content (AvgIpc) is 2.69. The Morgan fingerprint density at radius 3 is 2.85 bits per heavy atom. The molecule has 1 amide bonds. The van der Waals surface area contributed by atoms with Crippen LogP contribution in [0.25, 0.3) is 10.9 Å². The lowest BCUT2D eigenvalue weighted by Gasteiger charge is -2.19. The van der Waals surface area contributed by atoms with Crippen LogP contribution in [0, 0.1) is 5.82 Å². The lowest BCUT2D eigenvalue weighted by atomic mass is 9.99. The van der Waals surface area contributed by atoms with Crippen molar-refractivity contribution in [2.24, 2.45) is 0 Å². The van der Waals surface area contributed by atoms with Crippen molar-refractivity contribution >= 4 is 22.5 Å². The molecule has 138 valence electrons. The molecule has 0 spiro atoms. The number of fused-ring (bicyclic) bond motifs is 2. The molecule has 2 heterocycles. The van der Waals surface area contributed by atoms with Gasteiger partial charge in [-0.15, -0.1) is 0 Å². The number of carbonyl (C=O) groups excluding carboxylic acids is 1. The number of amides is 1. The van der Waals surface area contributed by atoms with E-state index in [0.29, 0.717) is 24.1 Å². The number of pyridine rings is 1. The van der Waals surface area contributed by atoms with Crippen LogP contribution in [0.2, 0.25) is 0 Å². The van der Waals surface area contributed by atoms with Gasteiger partial charge < -0.3 is 10.6 Å². The molecule has 2 aromatic carbocycles. The van der Waals surface area contributed by atoms with Crippen molar-refractivity contribution in [1.82, 2.24) is 10.3 Å². The van der Waals surface area contributed by atoms with Gasteiger partial charge in [0, 0.05) is 17.6 Å². The molecule has 0 radical (unpaired) electrons. The van der Waals surface area contributed by atoms with Crippen molar-refractivity contribution in [2.75, 3.05) is 11.9 Å². The van der Waals surface area contributed by atoms with Crippen molar-refractivity contribution in [3.8, 4) is 0 Å². The SMILES string of the molecule is CC(C)c1cc(C(=O)Nc2ccc3c(c2F)CCNC3)c2ccccc2n1. The molecule has 0 saturated heterocycles. The Morgan fingerprint density at radius 2 is 2.04 bits per heavy atom. The van der Waals surface area contributed by atoms with E-state index in [1.807, 2.05) is 50.2 Å². The summed E-state index contributed by atoms with van der Waals surface area (Å²) in [5.74, 6) is -0.456. The predicted octanol–water partition coefficient (Wildman–Crippen LogP) is 4.40. The first kappa shape index (κ1) is 17.6. The van der Waals surface area contributed by atoms with E-state index in [-0.39, 0.29) is 23.3 Å². The summed E-state index contributed by atoms with van der Waals surface area (Å²) in [4.78, 5) is 17.6. The van der Waals surface area contributed by atoms with E-state index in [2.05, 4.69) is 15.6 Å². The maximum absolute atomic E-state index is 14.9. The molecule has 0 atom stereocenters. The van der Waals surface area contributed by atoms with Crippen molar-refractivity contribution < 1.29 is 9.18 Å². The lowest BCUT2D eigenvalue weighted by molar-refractivity contribution is 0.102. The van der Waals surface area contributed by atoms with Gasteiger partial charge in [0.15, 0.2) is 0 Å². The largest absolute Gasteiger partial charge is 0.319 e. The standard InChI is InChI=1S/C22H22FN3O/c1-13(2)20-11-17(16-5-3-4-6-18(16)25-20)22(27)26-19-8-7-14-12-24-10-9-15(14)21(19)23/h3-8,11,13,24H,9-10,12H2,1-2H3,(H,26,27). The van der Waals surface area contributed by atoms with Gasteiger partial charge in [0.05, 0.1) is 16.8 Å². The highest BCUT2D eigenvalue weighted by molar-refractivity contribution is 6.12. The van der Waals surface area contributed by atoms with Gasteiger partial charge in [0.2, 0.25) is 0 Å². The van der Waals surface area contributed by atoms with Gasteiger partial charge in [-0.1, -0.05) is 38.1 Å². The fourth-order valence-electron chi connectivity index (χ4n) is 3.50. The minimum atomic E-state index is -0.329. The Labute approximate surface area is 157 Å². The van der Waals surface area contributed by atoms with E-state index in [0.717, 1.165) is 28.7 Å². The number of benzene rings is 2. The van der Waals surface area contributed by atoms with Crippen LogP contribution >= 0.6 is 0 Å². The summed E-state index contributed by atoms with van der Waals surface area (Å²) >= 11 is 0. The zero-order valence-corrected chi connectivity index (χ0v) is 15.5. The number of aromatic nitrogens is 1. The molecular weight excluding hydrogens is 341 g/mol. The van der Waals surface area contributed by atoms with Gasteiger partial charge in [-0.05, 0) is 48.2 Å². The van der Waals surface area contributed by atoms with Gasteiger partial charge >= 0.3 is 0 Å². The first-order chi connectivity index (χ1) is 13.0. The summed E-state index contributed by atoms with van der Waals surface area (Å²) in [5.41, 5.74) is 4.00. The molecule has 0 saturated carbocycles. The second kappa shape index (κ2) is 7.08. The van der Waals surface area contributed by atoms with Crippen LogP contribution in [-0.4, -0.2) is 17.4 Å². The highest BCUT2D eigenvalue weighted by Crippen LogP contribution is 2.27. The number of para-hydroxylation sites is 1. The maximum atomic E-state index is 14.9. The smallest absolute Gasteiger partial charge is 0.256 e. The van der Waals surface area contributed by atoms with E-state index in [9.17, 15) is 9.18 Å². The fourth-order valence-corrected chi connectivity index (χ4v) is 3.50. The van der Waals surface area contributed by atoms with E-state index in [1.54, 1.807) is 6.07 Å². The number of nitrogens with zero attached hydrogens (tertiary/aromatic N) is 1. The number of hydrogen-bond donors (Lipinski definition) is 2. The summed E-state index contributed by atoms with van der Waals surface area (Å²) < 4.78 is 14.9. The topological polar surface area (TPSA) is 54.0 Å². The molecule has 0 bridgehead atoms. The van der Waals surface area contributed by atoms with Crippen LogP contribution in [0.15, 0.2) is 42.5 Å².